The number of hydrogen-bond acceptors (Lipinski definition) is 5. The molecule has 0 aliphatic carbocycles. The van der Waals surface area contributed by atoms with Gasteiger partial charge in [-0.25, -0.2) is 17.6 Å². The third-order valence-corrected chi connectivity index (χ3v) is 5.22. The number of amides is 1. The van der Waals surface area contributed by atoms with Crippen molar-refractivity contribution < 1.29 is 22.4 Å². The quantitative estimate of drug-likeness (QED) is 0.301. The van der Waals surface area contributed by atoms with Gasteiger partial charge in [0.1, 0.15) is 11.6 Å². The molecule has 1 amide bonds. The first-order chi connectivity index (χ1) is 15.2. The molecule has 174 valence electrons. The Morgan fingerprint density at radius 3 is 2.47 bits per heavy atom. The van der Waals surface area contributed by atoms with Gasteiger partial charge in [-0.15, -0.1) is 0 Å². The number of rotatable bonds is 5. The topological polar surface area (TPSA) is 82.2 Å². The predicted octanol–water partition coefficient (Wildman–Crippen LogP) is 4.17. The number of benzene rings is 2. The van der Waals surface area contributed by atoms with Crippen LogP contribution < -0.4 is 11.1 Å². The monoisotopic (exact) mass is 470 g/mol. The molecule has 0 unspecified atom stereocenters. The van der Waals surface area contributed by atoms with E-state index in [9.17, 15) is 22.4 Å². The molecular formula is C22H26F4N4OS. The van der Waals surface area contributed by atoms with Gasteiger partial charge in [0.15, 0.2) is 0 Å². The first kappa shape index (κ1) is 25.7. The second-order valence-corrected chi connectivity index (χ2v) is 7.15. The van der Waals surface area contributed by atoms with Crippen LogP contribution in [0.4, 0.5) is 23.2 Å². The van der Waals surface area contributed by atoms with Gasteiger partial charge in [-0.2, -0.15) is 12.6 Å². The maximum absolute atomic E-state index is 14.3. The predicted molar refractivity (Wildman–Crippen MR) is 122 cm³/mol. The van der Waals surface area contributed by atoms with Gasteiger partial charge in [-0.05, 0) is 24.8 Å². The number of nitrogens with one attached hydrogen (secondary N) is 2. The third kappa shape index (κ3) is 5.80. The number of carbonyl (C=O) groups is 1. The summed E-state index contributed by atoms with van der Waals surface area (Å²) in [5.41, 5.74) is 5.90. The van der Waals surface area contributed by atoms with Gasteiger partial charge in [0.2, 0.25) is 5.91 Å². The van der Waals surface area contributed by atoms with Crippen molar-refractivity contribution in [2.45, 2.75) is 24.8 Å². The fourth-order valence-corrected chi connectivity index (χ4v) is 3.46. The molecule has 1 heterocycles. The lowest BCUT2D eigenvalue weighted by Gasteiger charge is -2.22. The van der Waals surface area contributed by atoms with E-state index in [1.807, 2.05) is 0 Å². The van der Waals surface area contributed by atoms with Crippen molar-refractivity contribution in [3.8, 4) is 11.1 Å². The number of alkyl halides is 2. The largest absolute Gasteiger partial charge is 0.375 e. The highest BCUT2D eigenvalue weighted by molar-refractivity contribution is 7.79. The van der Waals surface area contributed by atoms with Gasteiger partial charge < -0.3 is 21.4 Å². The molecule has 0 saturated carbocycles. The SMILES string of the molecule is CS.N=Cc1cccc(-c2c(F)cccc2F)c1NCC(=O)N1CC[C@@H](N)C(F)(F)CC1. The summed E-state index contributed by atoms with van der Waals surface area (Å²) in [6.07, 6.45) is 2.14. The molecule has 0 aromatic heterocycles. The Morgan fingerprint density at radius 1 is 1.22 bits per heavy atom. The van der Waals surface area contributed by atoms with Crippen LogP contribution in [0.15, 0.2) is 36.4 Å². The van der Waals surface area contributed by atoms with Crippen molar-refractivity contribution in [1.29, 1.82) is 5.41 Å². The lowest BCUT2D eigenvalue weighted by Crippen LogP contribution is -2.40. The van der Waals surface area contributed by atoms with Crippen LogP contribution in [0.1, 0.15) is 18.4 Å². The van der Waals surface area contributed by atoms with Crippen molar-refractivity contribution >= 4 is 30.4 Å². The summed E-state index contributed by atoms with van der Waals surface area (Å²) in [6.45, 7) is -0.324. The fourth-order valence-electron chi connectivity index (χ4n) is 3.46. The molecule has 1 fully saturated rings. The summed E-state index contributed by atoms with van der Waals surface area (Å²) in [5.74, 6) is -5.05. The zero-order chi connectivity index (χ0) is 23.9. The minimum absolute atomic E-state index is 0.0263. The molecule has 1 atom stereocenters. The molecule has 2 aromatic carbocycles. The van der Waals surface area contributed by atoms with Gasteiger partial charge in [-0.1, -0.05) is 24.3 Å². The lowest BCUT2D eigenvalue weighted by molar-refractivity contribution is -0.129. The zero-order valence-electron chi connectivity index (χ0n) is 17.5. The number of para-hydroxylation sites is 1. The van der Waals surface area contributed by atoms with E-state index in [-0.39, 0.29) is 42.9 Å². The van der Waals surface area contributed by atoms with Crippen LogP contribution in [0.3, 0.4) is 0 Å². The van der Waals surface area contributed by atoms with E-state index in [0.717, 1.165) is 18.3 Å². The molecular weight excluding hydrogens is 444 g/mol. The number of halogens is 4. The molecule has 1 saturated heterocycles. The van der Waals surface area contributed by atoms with Gasteiger partial charge in [0, 0.05) is 36.9 Å². The maximum Gasteiger partial charge on any atom is 0.264 e. The molecule has 3 rings (SSSR count). The zero-order valence-corrected chi connectivity index (χ0v) is 18.4. The molecule has 32 heavy (non-hydrogen) atoms. The number of nitrogens with two attached hydrogens (primary N) is 1. The van der Waals surface area contributed by atoms with Crippen LogP contribution in [0.25, 0.3) is 11.1 Å². The number of hydrogen-bond donors (Lipinski definition) is 4. The Morgan fingerprint density at radius 2 is 1.84 bits per heavy atom. The van der Waals surface area contributed by atoms with Crippen molar-refractivity contribution in [2.75, 3.05) is 31.2 Å². The molecule has 1 aliphatic rings. The Hall–Kier alpha value is -2.59. The highest BCUT2D eigenvalue weighted by atomic mass is 32.1. The molecule has 1 aliphatic heterocycles. The normalized spacial score (nSPS) is 17.6. The van der Waals surface area contributed by atoms with E-state index in [0.29, 0.717) is 5.56 Å². The number of carbonyl (C=O) groups excluding carboxylic acids is 1. The molecule has 0 bridgehead atoms. The number of thiol groups is 1. The van der Waals surface area contributed by atoms with Crippen molar-refractivity contribution in [3.63, 3.8) is 0 Å². The molecule has 5 nitrogen and oxygen atoms in total. The van der Waals surface area contributed by atoms with Gasteiger partial charge in [-0.3, -0.25) is 4.79 Å². The second-order valence-electron chi connectivity index (χ2n) is 7.15. The summed E-state index contributed by atoms with van der Waals surface area (Å²) in [5, 5.41) is 10.4. The Labute approximate surface area is 189 Å². The van der Waals surface area contributed by atoms with E-state index in [2.05, 4.69) is 17.9 Å². The minimum atomic E-state index is -3.04. The smallest absolute Gasteiger partial charge is 0.264 e. The first-order valence-electron chi connectivity index (χ1n) is 9.92. The number of likely N-dealkylation sites (tertiary alicyclic amines) is 1. The summed E-state index contributed by atoms with van der Waals surface area (Å²) < 4.78 is 56.2. The van der Waals surface area contributed by atoms with Crippen LogP contribution in [0.5, 0.6) is 0 Å². The summed E-state index contributed by atoms with van der Waals surface area (Å²) in [4.78, 5) is 13.9. The van der Waals surface area contributed by atoms with E-state index in [4.69, 9.17) is 11.1 Å². The highest BCUT2D eigenvalue weighted by Gasteiger charge is 2.40. The summed E-state index contributed by atoms with van der Waals surface area (Å²) in [7, 11) is 0. The Bertz CT molecular complexity index is 937. The van der Waals surface area contributed by atoms with Crippen molar-refractivity contribution in [2.24, 2.45) is 5.73 Å². The van der Waals surface area contributed by atoms with Gasteiger partial charge in [0.25, 0.3) is 5.92 Å². The molecule has 2 aromatic rings. The molecule has 10 heteroatoms. The third-order valence-electron chi connectivity index (χ3n) is 5.22. The number of anilines is 1. The number of nitrogens with zero attached hydrogens (tertiary/aromatic N) is 1. The molecule has 4 N–H and O–H groups in total. The molecule has 0 radical (unpaired) electrons. The molecule has 0 spiro atoms. The fraction of sp³-hybridized carbons (Fsp3) is 0.364. The van der Waals surface area contributed by atoms with E-state index in [1.165, 1.54) is 17.0 Å². The van der Waals surface area contributed by atoms with Crippen LogP contribution in [-0.2, 0) is 4.79 Å². The summed E-state index contributed by atoms with van der Waals surface area (Å²) >= 11 is 3.53. The van der Waals surface area contributed by atoms with Crippen molar-refractivity contribution in [3.05, 3.63) is 53.6 Å². The summed E-state index contributed by atoms with van der Waals surface area (Å²) in [6, 6.07) is 6.76. The average Bonchev–Trinajstić information content (AvgIpc) is 2.91. The maximum atomic E-state index is 14.3. The second kappa shape index (κ2) is 11.3. The van der Waals surface area contributed by atoms with Crippen LogP contribution in [0.2, 0.25) is 0 Å². The van der Waals surface area contributed by atoms with E-state index < -0.39 is 35.9 Å². The lowest BCUT2D eigenvalue weighted by atomic mass is 9.99. The van der Waals surface area contributed by atoms with Crippen molar-refractivity contribution in [1.82, 2.24) is 4.90 Å². The van der Waals surface area contributed by atoms with Crippen LogP contribution >= 0.6 is 12.6 Å². The Balaban J connectivity index is 0.00000176. The van der Waals surface area contributed by atoms with E-state index >= 15 is 0 Å². The first-order valence-corrected chi connectivity index (χ1v) is 10.8. The Kier molecular flexibility index (Phi) is 9.09. The van der Waals surface area contributed by atoms with Crippen LogP contribution in [-0.4, -0.2) is 54.9 Å². The highest BCUT2D eigenvalue weighted by Crippen LogP contribution is 2.34. The van der Waals surface area contributed by atoms with Gasteiger partial charge in [0.05, 0.1) is 23.8 Å². The van der Waals surface area contributed by atoms with E-state index in [1.54, 1.807) is 18.4 Å². The average molecular weight is 471 g/mol. The van der Waals surface area contributed by atoms with Crippen LogP contribution in [0, 0.1) is 17.0 Å². The minimum Gasteiger partial charge on any atom is -0.375 e. The standard InChI is InChI=1S/C21H22F4N4O.CH4S/c22-15-5-2-6-16(23)19(15)14-4-1-3-13(11-26)20(14)28-12-18(30)29-9-7-17(27)21(24,25)8-10-29;1-2/h1-6,11,17,26,28H,7-10,12,27H2;2H,1H3/t17-;/m1./s1. The van der Waals surface area contributed by atoms with Gasteiger partial charge >= 0.3 is 0 Å².